The summed E-state index contributed by atoms with van der Waals surface area (Å²) < 4.78 is 24.8. The number of hydrogen-bond donors (Lipinski definition) is 0. The zero-order valence-electron chi connectivity index (χ0n) is 15.7. The number of ether oxygens (including phenoxy) is 2. The number of esters is 1. The van der Waals surface area contributed by atoms with Crippen molar-refractivity contribution in [3.63, 3.8) is 0 Å². The van der Waals surface area contributed by atoms with E-state index in [9.17, 15) is 14.0 Å². The van der Waals surface area contributed by atoms with Gasteiger partial charge >= 0.3 is 5.97 Å². The number of carbonyl (C=O) groups excluding carboxylic acids is 2. The molecule has 3 heterocycles. The van der Waals surface area contributed by atoms with E-state index < -0.39 is 29.5 Å². The first-order chi connectivity index (χ1) is 14.1. The third-order valence-electron chi connectivity index (χ3n) is 5.96. The molecule has 5 nitrogen and oxygen atoms in total. The van der Waals surface area contributed by atoms with Crippen LogP contribution >= 0.6 is 0 Å². The Labute approximate surface area is 167 Å². The number of halogens is 1. The quantitative estimate of drug-likeness (QED) is 0.579. The maximum Gasteiger partial charge on any atom is 0.313 e. The molecule has 148 valence electrons. The number of rotatable bonds is 5. The van der Waals surface area contributed by atoms with Gasteiger partial charge in [0, 0.05) is 6.54 Å². The molecule has 2 aromatic rings. The number of carbonyl (C=O) groups is 2. The first-order valence-electron chi connectivity index (χ1n) is 9.67. The smallest absolute Gasteiger partial charge is 0.313 e. The van der Waals surface area contributed by atoms with E-state index in [2.05, 4.69) is 0 Å². The molecule has 6 heteroatoms. The van der Waals surface area contributed by atoms with Crippen LogP contribution in [0.5, 0.6) is 0 Å². The van der Waals surface area contributed by atoms with E-state index in [1.807, 2.05) is 42.5 Å². The van der Waals surface area contributed by atoms with Crippen molar-refractivity contribution in [1.29, 1.82) is 0 Å². The van der Waals surface area contributed by atoms with Crippen molar-refractivity contribution in [3.8, 4) is 0 Å². The van der Waals surface area contributed by atoms with E-state index >= 15 is 0 Å². The maximum absolute atomic E-state index is 13.2. The van der Waals surface area contributed by atoms with Crippen LogP contribution in [0.15, 0.2) is 66.7 Å². The molecule has 5 rings (SSSR count). The SMILES string of the molecule is O=C(OCc1ccccc1)[C@H]1[C@H]2C(=O)N(Cc3ccc(F)cc3)C[C@@]23C=C[C@H]1O3. The Balaban J connectivity index is 1.32. The van der Waals surface area contributed by atoms with Crippen molar-refractivity contribution in [2.75, 3.05) is 6.54 Å². The summed E-state index contributed by atoms with van der Waals surface area (Å²) in [7, 11) is 0. The molecule has 2 aromatic carbocycles. The number of likely N-dealkylation sites (tertiary alicyclic amines) is 1. The second-order valence-corrected chi connectivity index (χ2v) is 7.81. The molecule has 4 atom stereocenters. The number of hydrogen-bond acceptors (Lipinski definition) is 4. The molecule has 0 unspecified atom stereocenters. The normalized spacial score (nSPS) is 29.3. The lowest BCUT2D eigenvalue weighted by Gasteiger charge is -2.22. The summed E-state index contributed by atoms with van der Waals surface area (Å²) in [5, 5.41) is 0. The number of benzene rings is 2. The van der Waals surface area contributed by atoms with Crippen LogP contribution in [-0.4, -0.2) is 35.0 Å². The van der Waals surface area contributed by atoms with Gasteiger partial charge in [0.1, 0.15) is 23.9 Å². The molecule has 2 bridgehead atoms. The minimum absolute atomic E-state index is 0.122. The molecule has 0 N–H and O–H groups in total. The van der Waals surface area contributed by atoms with Crippen molar-refractivity contribution in [3.05, 3.63) is 83.7 Å². The van der Waals surface area contributed by atoms with Crippen LogP contribution in [-0.2, 0) is 32.2 Å². The lowest BCUT2D eigenvalue weighted by molar-refractivity contribution is -0.155. The molecule has 29 heavy (non-hydrogen) atoms. The highest BCUT2D eigenvalue weighted by Crippen LogP contribution is 2.52. The lowest BCUT2D eigenvalue weighted by atomic mass is 9.77. The molecule has 0 radical (unpaired) electrons. The van der Waals surface area contributed by atoms with Gasteiger partial charge in [-0.1, -0.05) is 54.6 Å². The Morgan fingerprint density at radius 3 is 2.66 bits per heavy atom. The predicted octanol–water partition coefficient (Wildman–Crippen LogP) is 2.85. The summed E-state index contributed by atoms with van der Waals surface area (Å²) in [5.41, 5.74) is 0.946. The molecule has 2 fully saturated rings. The van der Waals surface area contributed by atoms with E-state index in [4.69, 9.17) is 9.47 Å². The van der Waals surface area contributed by atoms with E-state index in [1.54, 1.807) is 17.0 Å². The summed E-state index contributed by atoms with van der Waals surface area (Å²) in [6.45, 7) is 0.897. The highest BCUT2D eigenvalue weighted by atomic mass is 19.1. The first-order valence-corrected chi connectivity index (χ1v) is 9.67. The van der Waals surface area contributed by atoms with Crippen LogP contribution in [0.25, 0.3) is 0 Å². The van der Waals surface area contributed by atoms with Crippen molar-refractivity contribution in [2.45, 2.75) is 24.9 Å². The molecular weight excluding hydrogens is 373 g/mol. The summed E-state index contributed by atoms with van der Waals surface area (Å²) >= 11 is 0. The van der Waals surface area contributed by atoms with Gasteiger partial charge in [-0.2, -0.15) is 0 Å². The van der Waals surface area contributed by atoms with E-state index in [0.29, 0.717) is 13.1 Å². The standard InChI is InChI=1S/C23H20FNO4/c24-17-8-6-15(7-9-17)12-25-14-23-11-10-18(29-23)19(20(23)21(25)26)22(27)28-13-16-4-2-1-3-5-16/h1-11,18-20H,12-14H2/t18-,19-,20+,23+/m1/s1. The van der Waals surface area contributed by atoms with E-state index in [-0.39, 0.29) is 18.3 Å². The minimum Gasteiger partial charge on any atom is -0.460 e. The fraction of sp³-hybridized carbons (Fsp3) is 0.304. The highest BCUT2D eigenvalue weighted by Gasteiger charge is 2.67. The van der Waals surface area contributed by atoms with Crippen LogP contribution < -0.4 is 0 Å². The van der Waals surface area contributed by atoms with Crippen molar-refractivity contribution >= 4 is 11.9 Å². The molecular formula is C23H20FNO4. The van der Waals surface area contributed by atoms with Crippen molar-refractivity contribution in [2.24, 2.45) is 11.8 Å². The fourth-order valence-electron chi connectivity index (χ4n) is 4.62. The van der Waals surface area contributed by atoms with Crippen LogP contribution in [0.1, 0.15) is 11.1 Å². The van der Waals surface area contributed by atoms with Crippen LogP contribution in [0.2, 0.25) is 0 Å². The number of nitrogens with zero attached hydrogens (tertiary/aromatic N) is 1. The molecule has 3 aliphatic heterocycles. The van der Waals surface area contributed by atoms with Gasteiger partial charge in [-0.3, -0.25) is 9.59 Å². The first kappa shape index (κ1) is 18.1. The zero-order valence-corrected chi connectivity index (χ0v) is 15.7. The largest absolute Gasteiger partial charge is 0.460 e. The average molecular weight is 393 g/mol. The zero-order chi connectivity index (χ0) is 20.0. The van der Waals surface area contributed by atoms with Crippen molar-refractivity contribution in [1.82, 2.24) is 4.90 Å². The van der Waals surface area contributed by atoms with Gasteiger partial charge in [0.05, 0.1) is 18.6 Å². The summed E-state index contributed by atoms with van der Waals surface area (Å²) in [5.74, 6) is -2.08. The summed E-state index contributed by atoms with van der Waals surface area (Å²) in [6.07, 6.45) is 3.34. The molecule has 1 amide bonds. The van der Waals surface area contributed by atoms with Gasteiger partial charge < -0.3 is 14.4 Å². The second kappa shape index (κ2) is 6.81. The predicted molar refractivity (Wildman–Crippen MR) is 102 cm³/mol. The van der Waals surface area contributed by atoms with E-state index in [1.165, 1.54) is 12.1 Å². The number of amides is 1. The van der Waals surface area contributed by atoms with Gasteiger partial charge in [-0.05, 0) is 23.3 Å². The van der Waals surface area contributed by atoms with Gasteiger partial charge in [-0.15, -0.1) is 0 Å². The van der Waals surface area contributed by atoms with Crippen LogP contribution in [0, 0.1) is 17.7 Å². The Kier molecular flexibility index (Phi) is 4.24. The van der Waals surface area contributed by atoms with Crippen molar-refractivity contribution < 1.29 is 23.5 Å². The fourth-order valence-corrected chi connectivity index (χ4v) is 4.62. The minimum atomic E-state index is -0.780. The molecule has 2 saturated heterocycles. The number of fused-ring (bicyclic) bond motifs is 1. The second-order valence-electron chi connectivity index (χ2n) is 7.81. The Morgan fingerprint density at radius 1 is 1.14 bits per heavy atom. The highest BCUT2D eigenvalue weighted by molar-refractivity contribution is 5.91. The lowest BCUT2D eigenvalue weighted by Crippen LogP contribution is -2.39. The third kappa shape index (κ3) is 3.04. The van der Waals surface area contributed by atoms with Crippen LogP contribution in [0.4, 0.5) is 4.39 Å². The Bertz CT molecular complexity index is 974. The van der Waals surface area contributed by atoms with Gasteiger partial charge in [0.2, 0.25) is 5.91 Å². The van der Waals surface area contributed by atoms with Gasteiger partial charge in [0.15, 0.2) is 0 Å². The van der Waals surface area contributed by atoms with Gasteiger partial charge in [0.25, 0.3) is 0 Å². The van der Waals surface area contributed by atoms with Gasteiger partial charge in [-0.25, -0.2) is 4.39 Å². The molecule has 1 spiro atoms. The monoisotopic (exact) mass is 393 g/mol. The average Bonchev–Trinajstić information content (AvgIpc) is 3.37. The molecule has 0 aliphatic carbocycles. The Morgan fingerprint density at radius 2 is 1.90 bits per heavy atom. The molecule has 3 aliphatic rings. The Hall–Kier alpha value is -2.99. The topological polar surface area (TPSA) is 55.8 Å². The third-order valence-corrected chi connectivity index (χ3v) is 5.96. The van der Waals surface area contributed by atoms with Crippen LogP contribution in [0.3, 0.4) is 0 Å². The summed E-state index contributed by atoms with van der Waals surface area (Å²) in [6, 6.07) is 15.5. The maximum atomic E-state index is 13.2. The van der Waals surface area contributed by atoms with E-state index in [0.717, 1.165) is 11.1 Å². The molecule has 0 aromatic heterocycles. The summed E-state index contributed by atoms with van der Waals surface area (Å²) in [4.78, 5) is 27.7. The molecule has 0 saturated carbocycles.